The maximum absolute atomic E-state index is 14.3. The van der Waals surface area contributed by atoms with Crippen molar-refractivity contribution >= 4 is 31.7 Å². The SMILES string of the molecule is CCCN([C@@H](c1ccccc1)c1c[nH]c2ccccc12)S(=O)(=O)c1cccc2ccccc12. The Labute approximate surface area is 194 Å². The molecular formula is C28H26N2O2S. The Hall–Kier alpha value is -3.41. The summed E-state index contributed by atoms with van der Waals surface area (Å²) in [6, 6.07) is 30.6. The molecule has 5 aromatic rings. The molecule has 4 nitrogen and oxygen atoms in total. The van der Waals surface area contributed by atoms with Crippen molar-refractivity contribution in [2.75, 3.05) is 6.54 Å². The normalized spacial score (nSPS) is 13.0. The molecule has 0 bridgehead atoms. The molecule has 1 heterocycles. The van der Waals surface area contributed by atoms with Gasteiger partial charge in [-0.05, 0) is 29.5 Å². The summed E-state index contributed by atoms with van der Waals surface area (Å²) in [5.74, 6) is 0. The number of hydrogen-bond acceptors (Lipinski definition) is 2. The predicted octanol–water partition coefficient (Wildman–Crippen LogP) is 6.51. The van der Waals surface area contributed by atoms with Gasteiger partial charge in [0.1, 0.15) is 0 Å². The fourth-order valence-electron chi connectivity index (χ4n) is 4.61. The van der Waals surface area contributed by atoms with Gasteiger partial charge in [0.15, 0.2) is 0 Å². The summed E-state index contributed by atoms with van der Waals surface area (Å²) < 4.78 is 30.3. The standard InChI is InChI=1S/C28H26N2O2S/c1-2-19-30(33(31,32)27-18-10-14-21-11-6-7-15-23(21)27)28(22-12-4-3-5-13-22)25-20-29-26-17-9-8-16-24(25)26/h3-18,20,28-29H,2,19H2,1H3/t28-/m0/s1. The van der Waals surface area contributed by atoms with Gasteiger partial charge in [-0.2, -0.15) is 4.31 Å². The van der Waals surface area contributed by atoms with Crippen LogP contribution in [0.2, 0.25) is 0 Å². The first-order valence-electron chi connectivity index (χ1n) is 11.2. The molecular weight excluding hydrogens is 428 g/mol. The van der Waals surface area contributed by atoms with Crippen molar-refractivity contribution in [3.63, 3.8) is 0 Å². The number of nitrogens with one attached hydrogen (secondary N) is 1. The molecule has 1 aromatic heterocycles. The van der Waals surface area contributed by atoms with Gasteiger partial charge in [0.25, 0.3) is 0 Å². The minimum atomic E-state index is -3.81. The molecule has 33 heavy (non-hydrogen) atoms. The van der Waals surface area contributed by atoms with Gasteiger partial charge >= 0.3 is 0 Å². The van der Waals surface area contributed by atoms with Gasteiger partial charge in [-0.25, -0.2) is 8.42 Å². The van der Waals surface area contributed by atoms with Crippen molar-refractivity contribution in [2.24, 2.45) is 0 Å². The van der Waals surface area contributed by atoms with Crippen LogP contribution in [0.25, 0.3) is 21.7 Å². The van der Waals surface area contributed by atoms with Crippen LogP contribution in [0.4, 0.5) is 0 Å². The van der Waals surface area contributed by atoms with Gasteiger partial charge in [0, 0.05) is 34.6 Å². The number of para-hydroxylation sites is 1. The van der Waals surface area contributed by atoms with Gasteiger partial charge < -0.3 is 4.98 Å². The summed E-state index contributed by atoms with van der Waals surface area (Å²) in [7, 11) is -3.81. The highest BCUT2D eigenvalue weighted by molar-refractivity contribution is 7.89. The van der Waals surface area contributed by atoms with Crippen LogP contribution >= 0.6 is 0 Å². The fraction of sp³-hybridized carbons (Fsp3) is 0.143. The average molecular weight is 455 g/mol. The Morgan fingerprint density at radius 3 is 2.24 bits per heavy atom. The van der Waals surface area contributed by atoms with Crippen LogP contribution in [0.15, 0.2) is 108 Å². The minimum absolute atomic E-state index is 0.342. The van der Waals surface area contributed by atoms with E-state index in [9.17, 15) is 8.42 Å². The quantitative estimate of drug-likeness (QED) is 0.305. The van der Waals surface area contributed by atoms with E-state index in [1.807, 2.05) is 104 Å². The van der Waals surface area contributed by atoms with Crippen molar-refractivity contribution in [3.05, 3.63) is 114 Å². The van der Waals surface area contributed by atoms with Crippen molar-refractivity contribution in [1.29, 1.82) is 0 Å². The molecule has 0 fully saturated rings. The summed E-state index contributed by atoms with van der Waals surface area (Å²) >= 11 is 0. The monoisotopic (exact) mass is 454 g/mol. The van der Waals surface area contributed by atoms with Crippen molar-refractivity contribution in [3.8, 4) is 0 Å². The third kappa shape index (κ3) is 3.84. The maximum atomic E-state index is 14.3. The van der Waals surface area contributed by atoms with Crippen LogP contribution in [0.1, 0.15) is 30.5 Å². The number of aromatic amines is 1. The highest BCUT2D eigenvalue weighted by Crippen LogP contribution is 2.38. The van der Waals surface area contributed by atoms with Crippen molar-refractivity contribution in [1.82, 2.24) is 9.29 Å². The number of H-pyrrole nitrogens is 1. The van der Waals surface area contributed by atoms with E-state index in [1.54, 1.807) is 10.4 Å². The molecule has 4 aromatic carbocycles. The van der Waals surface area contributed by atoms with E-state index in [2.05, 4.69) is 4.98 Å². The van der Waals surface area contributed by atoms with E-state index >= 15 is 0 Å². The molecule has 5 heteroatoms. The van der Waals surface area contributed by atoms with E-state index in [1.165, 1.54) is 0 Å². The van der Waals surface area contributed by atoms with Crippen molar-refractivity contribution < 1.29 is 8.42 Å². The Morgan fingerprint density at radius 2 is 1.45 bits per heavy atom. The zero-order valence-electron chi connectivity index (χ0n) is 18.5. The number of aromatic nitrogens is 1. The van der Waals surface area contributed by atoms with Gasteiger partial charge in [0.2, 0.25) is 10.0 Å². The first-order valence-corrected chi connectivity index (χ1v) is 12.7. The Kier molecular flexibility index (Phi) is 5.75. The van der Waals surface area contributed by atoms with Crippen LogP contribution in [0, 0.1) is 0 Å². The molecule has 0 radical (unpaired) electrons. The molecule has 0 aliphatic heterocycles. The number of benzene rings is 4. The Bertz CT molecular complexity index is 1500. The summed E-state index contributed by atoms with van der Waals surface area (Å²) in [5.41, 5.74) is 2.89. The van der Waals surface area contributed by atoms with Gasteiger partial charge in [0.05, 0.1) is 10.9 Å². The third-order valence-electron chi connectivity index (χ3n) is 6.10. The molecule has 0 amide bonds. The van der Waals surface area contributed by atoms with E-state index in [4.69, 9.17) is 0 Å². The number of rotatable bonds is 7. The van der Waals surface area contributed by atoms with Crippen LogP contribution in [0.5, 0.6) is 0 Å². The topological polar surface area (TPSA) is 53.2 Å². The molecule has 5 rings (SSSR count). The minimum Gasteiger partial charge on any atom is -0.361 e. The van der Waals surface area contributed by atoms with Gasteiger partial charge in [-0.3, -0.25) is 0 Å². The molecule has 1 N–H and O–H groups in total. The number of hydrogen-bond donors (Lipinski definition) is 1. The van der Waals surface area contributed by atoms with Crippen molar-refractivity contribution in [2.45, 2.75) is 24.3 Å². The Morgan fingerprint density at radius 1 is 0.788 bits per heavy atom. The molecule has 0 unspecified atom stereocenters. The molecule has 1 atom stereocenters. The molecule has 0 spiro atoms. The lowest BCUT2D eigenvalue weighted by molar-refractivity contribution is 0.361. The highest BCUT2D eigenvalue weighted by atomic mass is 32.2. The molecule has 0 saturated carbocycles. The first-order chi connectivity index (χ1) is 16.1. The average Bonchev–Trinajstić information content (AvgIpc) is 3.28. The summed E-state index contributed by atoms with van der Waals surface area (Å²) in [6.07, 6.45) is 2.65. The van der Waals surface area contributed by atoms with Crippen LogP contribution < -0.4 is 0 Å². The summed E-state index contributed by atoms with van der Waals surface area (Å²) in [6.45, 7) is 2.42. The third-order valence-corrected chi connectivity index (χ3v) is 8.02. The lowest BCUT2D eigenvalue weighted by atomic mass is 9.98. The first kappa shape index (κ1) is 21.4. The van der Waals surface area contributed by atoms with E-state index < -0.39 is 16.1 Å². The Balaban J connectivity index is 1.75. The lowest BCUT2D eigenvalue weighted by Crippen LogP contribution is -2.36. The van der Waals surface area contributed by atoms with E-state index in [-0.39, 0.29) is 0 Å². The van der Waals surface area contributed by atoms with Crippen LogP contribution in [-0.4, -0.2) is 24.3 Å². The maximum Gasteiger partial charge on any atom is 0.244 e. The lowest BCUT2D eigenvalue weighted by Gasteiger charge is -2.31. The number of nitrogens with zero attached hydrogens (tertiary/aromatic N) is 1. The van der Waals surface area contributed by atoms with Gasteiger partial charge in [-0.1, -0.05) is 91.9 Å². The molecule has 166 valence electrons. The molecule has 0 aliphatic carbocycles. The summed E-state index contributed by atoms with van der Waals surface area (Å²) in [5, 5.41) is 2.69. The zero-order chi connectivity index (χ0) is 22.8. The second-order valence-corrected chi connectivity index (χ2v) is 10.1. The second-order valence-electron chi connectivity index (χ2n) is 8.20. The van der Waals surface area contributed by atoms with Crippen LogP contribution in [0.3, 0.4) is 0 Å². The zero-order valence-corrected chi connectivity index (χ0v) is 19.3. The highest BCUT2D eigenvalue weighted by Gasteiger charge is 2.35. The molecule has 0 saturated heterocycles. The van der Waals surface area contributed by atoms with E-state index in [0.717, 1.165) is 32.8 Å². The largest absolute Gasteiger partial charge is 0.361 e. The second kappa shape index (κ2) is 8.85. The van der Waals surface area contributed by atoms with Crippen LogP contribution in [-0.2, 0) is 10.0 Å². The smallest absolute Gasteiger partial charge is 0.244 e. The summed E-state index contributed by atoms with van der Waals surface area (Å²) in [4.78, 5) is 3.68. The number of sulfonamides is 1. The predicted molar refractivity (Wildman–Crippen MR) is 135 cm³/mol. The van der Waals surface area contributed by atoms with Gasteiger partial charge in [-0.15, -0.1) is 0 Å². The molecule has 0 aliphatic rings. The van der Waals surface area contributed by atoms with E-state index in [0.29, 0.717) is 17.9 Å². The number of fused-ring (bicyclic) bond motifs is 2. The fourth-order valence-corrected chi connectivity index (χ4v) is 6.51.